The quantitative estimate of drug-likeness (QED) is 0.364. The van der Waals surface area contributed by atoms with Gasteiger partial charge in [-0.25, -0.2) is 14.4 Å². The second-order valence-electron chi connectivity index (χ2n) is 8.38. The zero-order valence-corrected chi connectivity index (χ0v) is 20.7. The van der Waals surface area contributed by atoms with Crippen molar-refractivity contribution in [1.82, 2.24) is 14.9 Å². The molecular weight excluding hydrogens is 449 g/mol. The highest BCUT2D eigenvalue weighted by atomic mass is 32.2. The lowest BCUT2D eigenvalue weighted by Crippen LogP contribution is -2.47. The van der Waals surface area contributed by atoms with Crippen molar-refractivity contribution in [3.8, 4) is 0 Å². The maximum absolute atomic E-state index is 14.1. The molecule has 1 amide bonds. The first-order chi connectivity index (χ1) is 16.4. The summed E-state index contributed by atoms with van der Waals surface area (Å²) in [6.45, 7) is 7.65. The number of amides is 1. The number of halogens is 1. The Bertz CT molecular complexity index is 1130. The number of aromatic nitrogens is 2. The molecule has 1 aromatic heterocycles. The second-order valence-corrected chi connectivity index (χ2v) is 9.32. The van der Waals surface area contributed by atoms with E-state index in [0.717, 1.165) is 54.2 Å². The van der Waals surface area contributed by atoms with Gasteiger partial charge in [0.25, 0.3) is 5.91 Å². The van der Waals surface area contributed by atoms with Crippen LogP contribution in [0.2, 0.25) is 0 Å². The fraction of sp³-hybridized carbons (Fsp3) is 0.346. The zero-order chi connectivity index (χ0) is 24.1. The topological polar surface area (TPSA) is 52.6 Å². The van der Waals surface area contributed by atoms with Crippen LogP contribution in [0, 0.1) is 12.7 Å². The van der Waals surface area contributed by atoms with E-state index in [2.05, 4.69) is 14.8 Å². The van der Waals surface area contributed by atoms with Gasteiger partial charge in [0, 0.05) is 62.8 Å². The van der Waals surface area contributed by atoms with Gasteiger partial charge < -0.3 is 14.7 Å². The molecule has 0 N–H and O–H groups in total. The van der Waals surface area contributed by atoms with Gasteiger partial charge in [0.2, 0.25) is 0 Å². The minimum atomic E-state index is -0.178. The number of nitrogens with zero attached hydrogens (tertiary/aromatic N) is 5. The first kappa shape index (κ1) is 24.0. The van der Waals surface area contributed by atoms with E-state index in [9.17, 15) is 9.18 Å². The van der Waals surface area contributed by atoms with Crippen molar-refractivity contribution >= 4 is 29.2 Å². The Hall–Kier alpha value is -3.13. The Labute approximate surface area is 204 Å². The van der Waals surface area contributed by atoms with Crippen molar-refractivity contribution in [3.63, 3.8) is 0 Å². The van der Waals surface area contributed by atoms with Gasteiger partial charge in [-0.3, -0.25) is 4.79 Å². The van der Waals surface area contributed by atoms with Crippen molar-refractivity contribution in [3.05, 3.63) is 77.2 Å². The van der Waals surface area contributed by atoms with Gasteiger partial charge in [0.05, 0.1) is 5.69 Å². The van der Waals surface area contributed by atoms with Crippen LogP contribution in [-0.4, -0.2) is 60.5 Å². The molecule has 4 rings (SSSR count). The van der Waals surface area contributed by atoms with Gasteiger partial charge in [-0.2, -0.15) is 0 Å². The summed E-state index contributed by atoms with van der Waals surface area (Å²) in [4.78, 5) is 27.7. The van der Waals surface area contributed by atoms with Crippen LogP contribution in [0.3, 0.4) is 0 Å². The van der Waals surface area contributed by atoms with Crippen molar-refractivity contribution < 1.29 is 9.18 Å². The Balaban J connectivity index is 1.37. The van der Waals surface area contributed by atoms with Gasteiger partial charge >= 0.3 is 0 Å². The number of thioether (sulfide) groups is 1. The van der Waals surface area contributed by atoms with Gasteiger partial charge in [0.1, 0.15) is 11.6 Å². The van der Waals surface area contributed by atoms with Crippen molar-refractivity contribution in [2.24, 2.45) is 0 Å². The Kier molecular flexibility index (Phi) is 7.67. The smallest absolute Gasteiger partial charge is 0.253 e. The minimum absolute atomic E-state index is 0.0310. The summed E-state index contributed by atoms with van der Waals surface area (Å²) in [5, 5.41) is 0.734. The number of rotatable bonds is 7. The molecule has 2 heterocycles. The molecule has 0 bridgehead atoms. The van der Waals surface area contributed by atoms with Gasteiger partial charge in [-0.05, 0) is 43.7 Å². The predicted octanol–water partition coefficient (Wildman–Crippen LogP) is 4.63. The average molecular weight is 480 g/mol. The molecule has 2 aromatic carbocycles. The number of hydrogen-bond acceptors (Lipinski definition) is 6. The number of piperazine rings is 1. The summed E-state index contributed by atoms with van der Waals surface area (Å²) in [6.07, 6.45) is 0. The highest BCUT2D eigenvalue weighted by molar-refractivity contribution is 7.98. The van der Waals surface area contributed by atoms with E-state index < -0.39 is 0 Å². The molecule has 0 saturated carbocycles. The SMILES string of the molecule is CCN(C)C(=O)c1ccc(CSc2nc(C)cc(N3CCN(c4ccccc4F)CC3)n2)cc1. The Morgan fingerprint density at radius 1 is 1.03 bits per heavy atom. The molecule has 1 fully saturated rings. The standard InChI is InChI=1S/C26H30FN5OS/c1-4-30(3)25(33)21-11-9-20(10-12-21)18-34-26-28-19(2)17-24(29-26)32-15-13-31(14-16-32)23-8-6-5-7-22(23)27/h5-12,17H,4,13-16,18H2,1-3H3. The van der Waals surface area contributed by atoms with Crippen LogP contribution >= 0.6 is 11.8 Å². The lowest BCUT2D eigenvalue weighted by Gasteiger charge is -2.37. The number of benzene rings is 2. The molecule has 0 unspecified atom stereocenters. The summed E-state index contributed by atoms with van der Waals surface area (Å²) in [5.41, 5.74) is 3.39. The lowest BCUT2D eigenvalue weighted by molar-refractivity contribution is 0.0802. The van der Waals surface area contributed by atoms with E-state index in [0.29, 0.717) is 17.8 Å². The highest BCUT2D eigenvalue weighted by Gasteiger charge is 2.21. The molecule has 3 aromatic rings. The fourth-order valence-electron chi connectivity index (χ4n) is 3.89. The summed E-state index contributed by atoms with van der Waals surface area (Å²) < 4.78 is 14.1. The monoisotopic (exact) mass is 479 g/mol. The normalized spacial score (nSPS) is 13.8. The summed E-state index contributed by atoms with van der Waals surface area (Å²) >= 11 is 1.59. The van der Waals surface area contributed by atoms with Crippen molar-refractivity contribution in [2.75, 3.05) is 49.6 Å². The van der Waals surface area contributed by atoms with Crippen LogP contribution in [0.25, 0.3) is 0 Å². The van der Waals surface area contributed by atoms with Crippen LogP contribution in [-0.2, 0) is 5.75 Å². The van der Waals surface area contributed by atoms with Crippen LogP contribution in [0.5, 0.6) is 0 Å². The third kappa shape index (κ3) is 5.67. The molecule has 178 valence electrons. The number of aryl methyl sites for hydroxylation is 1. The maximum atomic E-state index is 14.1. The highest BCUT2D eigenvalue weighted by Crippen LogP contribution is 2.25. The van der Waals surface area contributed by atoms with Crippen LogP contribution < -0.4 is 9.80 Å². The van der Waals surface area contributed by atoms with Crippen molar-refractivity contribution in [1.29, 1.82) is 0 Å². The van der Waals surface area contributed by atoms with Crippen LogP contribution in [0.1, 0.15) is 28.5 Å². The Morgan fingerprint density at radius 2 is 1.71 bits per heavy atom. The van der Waals surface area contributed by atoms with E-state index >= 15 is 0 Å². The lowest BCUT2D eigenvalue weighted by atomic mass is 10.1. The van der Waals surface area contributed by atoms with E-state index in [1.165, 1.54) is 6.07 Å². The molecule has 1 aliphatic heterocycles. The fourth-order valence-corrected chi connectivity index (χ4v) is 4.75. The molecule has 6 nitrogen and oxygen atoms in total. The van der Waals surface area contributed by atoms with Crippen LogP contribution in [0.15, 0.2) is 59.8 Å². The summed E-state index contributed by atoms with van der Waals surface area (Å²) in [7, 11) is 1.80. The van der Waals surface area contributed by atoms with Gasteiger partial charge in [-0.1, -0.05) is 36.0 Å². The third-order valence-corrected chi connectivity index (χ3v) is 6.93. The third-order valence-electron chi connectivity index (χ3n) is 6.01. The number of anilines is 2. The summed E-state index contributed by atoms with van der Waals surface area (Å²) in [6, 6.07) is 16.7. The molecular formula is C26H30FN5OS. The zero-order valence-electron chi connectivity index (χ0n) is 19.9. The van der Waals surface area contributed by atoms with E-state index in [1.807, 2.05) is 56.3 Å². The molecule has 34 heavy (non-hydrogen) atoms. The minimum Gasteiger partial charge on any atom is -0.366 e. The van der Waals surface area contributed by atoms with E-state index in [4.69, 9.17) is 4.98 Å². The number of carbonyl (C=O) groups is 1. The second kappa shape index (κ2) is 10.9. The molecule has 0 aliphatic carbocycles. The number of para-hydroxylation sites is 1. The number of carbonyl (C=O) groups excluding carboxylic acids is 1. The molecule has 0 atom stereocenters. The first-order valence-electron chi connectivity index (χ1n) is 11.5. The van der Waals surface area contributed by atoms with Crippen LogP contribution in [0.4, 0.5) is 15.9 Å². The largest absolute Gasteiger partial charge is 0.366 e. The number of hydrogen-bond donors (Lipinski definition) is 0. The maximum Gasteiger partial charge on any atom is 0.253 e. The van der Waals surface area contributed by atoms with E-state index in [1.54, 1.807) is 29.8 Å². The van der Waals surface area contributed by atoms with Crippen molar-refractivity contribution in [2.45, 2.75) is 24.8 Å². The van der Waals surface area contributed by atoms with Gasteiger partial charge in [-0.15, -0.1) is 0 Å². The molecule has 1 aliphatic rings. The molecule has 1 saturated heterocycles. The van der Waals surface area contributed by atoms with E-state index in [-0.39, 0.29) is 11.7 Å². The molecule has 0 spiro atoms. The summed E-state index contributed by atoms with van der Waals surface area (Å²) in [5.74, 6) is 1.49. The molecule has 8 heteroatoms. The molecule has 0 radical (unpaired) electrons. The first-order valence-corrected chi connectivity index (χ1v) is 12.5. The average Bonchev–Trinajstić information content (AvgIpc) is 2.87. The Morgan fingerprint density at radius 3 is 2.38 bits per heavy atom. The van der Waals surface area contributed by atoms with Gasteiger partial charge in [0.15, 0.2) is 5.16 Å². The predicted molar refractivity (Wildman–Crippen MR) is 136 cm³/mol.